The normalized spacial score (nSPS) is 10.9. The molecule has 0 spiro atoms. The summed E-state index contributed by atoms with van der Waals surface area (Å²) in [6.07, 6.45) is 0. The van der Waals surface area contributed by atoms with Crippen LogP contribution >= 0.6 is 11.3 Å². The van der Waals surface area contributed by atoms with E-state index in [0.717, 1.165) is 4.88 Å². The quantitative estimate of drug-likeness (QED) is 0.764. The summed E-state index contributed by atoms with van der Waals surface area (Å²) >= 11 is 1.59. The molecule has 0 radical (unpaired) electrons. The highest BCUT2D eigenvalue weighted by atomic mass is 32.1. The fourth-order valence-corrected chi connectivity index (χ4v) is 2.51. The van der Waals surface area contributed by atoms with E-state index in [1.54, 1.807) is 17.4 Å². The molecule has 0 bridgehead atoms. The summed E-state index contributed by atoms with van der Waals surface area (Å²) in [5.74, 6) is -0.431. The minimum atomic E-state index is -0.964. The van der Waals surface area contributed by atoms with E-state index in [1.165, 1.54) is 17.0 Å². The number of carbonyl (C=O) groups is 1. The summed E-state index contributed by atoms with van der Waals surface area (Å²) < 4.78 is 5.61. The molecule has 1 aromatic carbocycles. The maximum atomic E-state index is 10.9. The number of hydrogen-bond donors (Lipinski definition) is 1. The van der Waals surface area contributed by atoms with Crippen molar-refractivity contribution in [1.82, 2.24) is 4.98 Å². The van der Waals surface area contributed by atoms with Crippen LogP contribution in [-0.4, -0.2) is 16.1 Å². The summed E-state index contributed by atoms with van der Waals surface area (Å²) in [5, 5.41) is 8.92. The summed E-state index contributed by atoms with van der Waals surface area (Å²) in [5.41, 5.74) is 1.38. The number of nitrogens with zero attached hydrogens (tertiary/aromatic N) is 1. The lowest BCUT2D eigenvalue weighted by atomic mass is 10.2. The van der Waals surface area contributed by atoms with E-state index in [2.05, 4.69) is 4.98 Å². The third-order valence-corrected chi connectivity index (χ3v) is 3.57. The second-order valence-electron chi connectivity index (χ2n) is 3.92. The average Bonchev–Trinajstić information content (AvgIpc) is 2.93. The van der Waals surface area contributed by atoms with Gasteiger partial charge in [0.05, 0.1) is 10.4 Å². The standard InChI is InChI=1S/C13H9NO3S/c1-7-2-5-11(18-7)12-14-9-6-8(13(15)16)3-4-10(9)17-12/h2-6H,1H3,(H,15,16). The molecule has 18 heavy (non-hydrogen) atoms. The molecule has 0 unspecified atom stereocenters. The first-order valence-electron chi connectivity index (χ1n) is 5.34. The second kappa shape index (κ2) is 3.96. The molecule has 0 saturated carbocycles. The van der Waals surface area contributed by atoms with Gasteiger partial charge in [0.15, 0.2) is 5.58 Å². The molecule has 0 aliphatic carbocycles. The smallest absolute Gasteiger partial charge is 0.335 e. The topological polar surface area (TPSA) is 63.3 Å². The lowest BCUT2D eigenvalue weighted by Gasteiger charge is -1.91. The van der Waals surface area contributed by atoms with E-state index in [1.807, 2.05) is 19.1 Å². The molecule has 1 N–H and O–H groups in total. The fourth-order valence-electron chi connectivity index (χ4n) is 1.72. The van der Waals surface area contributed by atoms with Crippen molar-refractivity contribution < 1.29 is 14.3 Å². The molecule has 0 amide bonds. The predicted octanol–water partition coefficient (Wildman–Crippen LogP) is 3.56. The molecule has 2 heterocycles. The Labute approximate surface area is 107 Å². The van der Waals surface area contributed by atoms with E-state index >= 15 is 0 Å². The third kappa shape index (κ3) is 1.78. The van der Waals surface area contributed by atoms with Crippen LogP contribution in [0.4, 0.5) is 0 Å². The second-order valence-corrected chi connectivity index (χ2v) is 5.20. The number of carboxylic acids is 1. The first-order valence-corrected chi connectivity index (χ1v) is 6.16. The van der Waals surface area contributed by atoms with Gasteiger partial charge in [-0.3, -0.25) is 0 Å². The Morgan fingerprint density at radius 1 is 1.33 bits per heavy atom. The van der Waals surface area contributed by atoms with E-state index in [4.69, 9.17) is 9.52 Å². The van der Waals surface area contributed by atoms with Gasteiger partial charge < -0.3 is 9.52 Å². The minimum absolute atomic E-state index is 0.213. The number of aryl methyl sites for hydroxylation is 1. The minimum Gasteiger partial charge on any atom is -0.478 e. The first kappa shape index (κ1) is 11.0. The molecule has 0 atom stereocenters. The molecule has 4 nitrogen and oxygen atoms in total. The number of benzene rings is 1. The van der Waals surface area contributed by atoms with Gasteiger partial charge in [-0.05, 0) is 37.3 Å². The number of rotatable bonds is 2. The summed E-state index contributed by atoms with van der Waals surface area (Å²) in [6, 6.07) is 8.61. The largest absolute Gasteiger partial charge is 0.478 e. The van der Waals surface area contributed by atoms with Gasteiger partial charge in [-0.1, -0.05) is 0 Å². The predicted molar refractivity (Wildman–Crippen MR) is 69.0 cm³/mol. The number of aromatic nitrogens is 1. The molecular weight excluding hydrogens is 250 g/mol. The van der Waals surface area contributed by atoms with Gasteiger partial charge in [0.25, 0.3) is 0 Å². The van der Waals surface area contributed by atoms with Gasteiger partial charge in [-0.2, -0.15) is 0 Å². The number of carboxylic acid groups (broad SMARTS) is 1. The van der Waals surface area contributed by atoms with Gasteiger partial charge in [0.2, 0.25) is 5.89 Å². The van der Waals surface area contributed by atoms with Crippen molar-refractivity contribution in [3.8, 4) is 10.8 Å². The molecule has 0 aliphatic rings. The summed E-state index contributed by atoms with van der Waals surface area (Å²) in [6.45, 7) is 2.01. The molecule has 5 heteroatoms. The maximum absolute atomic E-state index is 10.9. The van der Waals surface area contributed by atoms with Crippen LogP contribution in [0.2, 0.25) is 0 Å². The van der Waals surface area contributed by atoms with Crippen molar-refractivity contribution in [1.29, 1.82) is 0 Å². The number of thiophene rings is 1. The monoisotopic (exact) mass is 259 g/mol. The zero-order valence-electron chi connectivity index (χ0n) is 9.51. The first-order chi connectivity index (χ1) is 8.63. The lowest BCUT2D eigenvalue weighted by Crippen LogP contribution is -1.94. The van der Waals surface area contributed by atoms with Crippen molar-refractivity contribution in [3.63, 3.8) is 0 Å². The fraction of sp³-hybridized carbons (Fsp3) is 0.0769. The van der Waals surface area contributed by atoms with Gasteiger partial charge in [0, 0.05) is 4.88 Å². The Hall–Kier alpha value is -2.14. The molecule has 0 fully saturated rings. The Kier molecular flexibility index (Phi) is 2.41. The zero-order chi connectivity index (χ0) is 12.7. The maximum Gasteiger partial charge on any atom is 0.335 e. The van der Waals surface area contributed by atoms with Crippen LogP contribution in [0.15, 0.2) is 34.7 Å². The highest BCUT2D eigenvalue weighted by Crippen LogP contribution is 2.30. The SMILES string of the molecule is Cc1ccc(-c2nc3cc(C(=O)O)ccc3o2)s1. The van der Waals surface area contributed by atoms with Gasteiger partial charge in [-0.15, -0.1) is 11.3 Å². The van der Waals surface area contributed by atoms with Crippen LogP contribution in [0.5, 0.6) is 0 Å². The van der Waals surface area contributed by atoms with E-state index in [9.17, 15) is 4.79 Å². The van der Waals surface area contributed by atoms with E-state index in [-0.39, 0.29) is 5.56 Å². The molecule has 0 aliphatic heterocycles. The van der Waals surface area contributed by atoms with Crippen LogP contribution in [0.3, 0.4) is 0 Å². The van der Waals surface area contributed by atoms with Gasteiger partial charge in [-0.25, -0.2) is 9.78 Å². The van der Waals surface area contributed by atoms with Gasteiger partial charge in [0.1, 0.15) is 5.52 Å². The Balaban J connectivity index is 2.13. The summed E-state index contributed by atoms with van der Waals surface area (Å²) in [7, 11) is 0. The van der Waals surface area contributed by atoms with Crippen LogP contribution < -0.4 is 0 Å². The number of hydrogen-bond acceptors (Lipinski definition) is 4. The Bertz CT molecular complexity index is 742. The molecule has 90 valence electrons. The highest BCUT2D eigenvalue weighted by Gasteiger charge is 2.12. The molecule has 2 aromatic heterocycles. The van der Waals surface area contributed by atoms with Gasteiger partial charge >= 0.3 is 5.97 Å². The van der Waals surface area contributed by atoms with E-state index < -0.39 is 5.97 Å². The van der Waals surface area contributed by atoms with E-state index in [0.29, 0.717) is 17.0 Å². The van der Waals surface area contributed by atoms with Crippen LogP contribution in [0, 0.1) is 6.92 Å². The molecule has 3 rings (SSSR count). The number of fused-ring (bicyclic) bond motifs is 1. The van der Waals surface area contributed by atoms with Crippen molar-refractivity contribution in [2.45, 2.75) is 6.92 Å². The summed E-state index contributed by atoms with van der Waals surface area (Å²) in [4.78, 5) is 17.3. The Morgan fingerprint density at radius 2 is 2.17 bits per heavy atom. The van der Waals surface area contributed by atoms with Crippen molar-refractivity contribution in [2.24, 2.45) is 0 Å². The molecular formula is C13H9NO3S. The van der Waals surface area contributed by atoms with Crippen molar-refractivity contribution in [2.75, 3.05) is 0 Å². The number of aromatic carboxylic acids is 1. The van der Waals surface area contributed by atoms with Crippen LogP contribution in [0.25, 0.3) is 21.9 Å². The Morgan fingerprint density at radius 3 is 2.83 bits per heavy atom. The zero-order valence-corrected chi connectivity index (χ0v) is 10.3. The highest BCUT2D eigenvalue weighted by molar-refractivity contribution is 7.15. The third-order valence-electron chi connectivity index (χ3n) is 2.59. The van der Waals surface area contributed by atoms with Crippen LogP contribution in [0.1, 0.15) is 15.2 Å². The van der Waals surface area contributed by atoms with Crippen molar-refractivity contribution in [3.05, 3.63) is 40.8 Å². The van der Waals surface area contributed by atoms with Crippen molar-refractivity contribution >= 4 is 28.4 Å². The average molecular weight is 259 g/mol. The lowest BCUT2D eigenvalue weighted by molar-refractivity contribution is 0.0697. The molecule has 3 aromatic rings. The molecule has 0 saturated heterocycles. The van der Waals surface area contributed by atoms with Crippen LogP contribution in [-0.2, 0) is 0 Å². The number of oxazole rings is 1.